The fraction of sp³-hybridized carbons (Fsp3) is 0. The zero-order valence-corrected chi connectivity index (χ0v) is 5.74. The highest BCUT2D eigenvalue weighted by Crippen LogP contribution is 2.01. The van der Waals surface area contributed by atoms with Gasteiger partial charge in [-0.05, 0) is 6.08 Å². The Balaban J connectivity index is 2.62. The second kappa shape index (κ2) is 3.79. The average Bonchev–Trinajstić information content (AvgIpc) is 2.30. The maximum atomic E-state index is 10.8. The van der Waals surface area contributed by atoms with Gasteiger partial charge in [0.1, 0.15) is 0 Å². The second-order valence-corrected chi connectivity index (χ2v) is 1.80. The molecule has 11 heavy (non-hydrogen) atoms. The lowest BCUT2D eigenvalue weighted by Crippen LogP contribution is -2.32. The highest BCUT2D eigenvalue weighted by molar-refractivity contribution is 6.34. The molecule has 0 radical (unpaired) electrons. The van der Waals surface area contributed by atoms with Crippen molar-refractivity contribution in [2.45, 2.75) is 0 Å². The molecular weight excluding hydrogens is 147 g/mol. The number of hydrogen-bond acceptors (Lipinski definition) is 4. The van der Waals surface area contributed by atoms with Gasteiger partial charge in [-0.25, -0.2) is 5.84 Å². The van der Waals surface area contributed by atoms with E-state index in [2.05, 4.69) is 9.69 Å². The molecule has 58 valence electrons. The monoisotopic (exact) mass is 154 g/mol. The van der Waals surface area contributed by atoms with Crippen molar-refractivity contribution in [3.05, 3.63) is 23.9 Å². The predicted molar refractivity (Wildman–Crippen MR) is 38.9 cm³/mol. The lowest BCUT2D eigenvalue weighted by molar-refractivity contribution is -0.173. The third-order valence-electron chi connectivity index (χ3n) is 1.05. The molecule has 0 bridgehead atoms. The van der Waals surface area contributed by atoms with Crippen molar-refractivity contribution in [3.8, 4) is 0 Å². The smallest absolute Gasteiger partial charge is 0.348 e. The van der Waals surface area contributed by atoms with E-state index in [9.17, 15) is 4.79 Å². The maximum absolute atomic E-state index is 10.8. The molecule has 0 aromatic rings. The normalized spacial score (nSPS) is 15.5. The van der Waals surface area contributed by atoms with E-state index >= 15 is 0 Å². The standard InChI is InChI=1S/C5H7BN2O3/c7-8-5(9)4-2-1-3-6-11-10-4/h1-3,6H,7H2,(H,8,9). The van der Waals surface area contributed by atoms with E-state index in [0.29, 0.717) is 7.48 Å². The van der Waals surface area contributed by atoms with Gasteiger partial charge in [-0.1, -0.05) is 12.1 Å². The van der Waals surface area contributed by atoms with Crippen molar-refractivity contribution in [1.29, 1.82) is 0 Å². The minimum absolute atomic E-state index is 0.0428. The summed E-state index contributed by atoms with van der Waals surface area (Å²) in [6, 6.07) is 0. The highest BCUT2D eigenvalue weighted by atomic mass is 17.2. The van der Waals surface area contributed by atoms with E-state index in [1.54, 1.807) is 12.1 Å². The summed E-state index contributed by atoms with van der Waals surface area (Å²) in [5.41, 5.74) is 1.92. The van der Waals surface area contributed by atoms with E-state index in [0.717, 1.165) is 0 Å². The molecular formula is C5H7BN2O3. The number of allylic oxidation sites excluding steroid dienone is 2. The molecule has 1 rings (SSSR count). The Hall–Kier alpha value is -1.27. The van der Waals surface area contributed by atoms with Crippen LogP contribution in [0.5, 0.6) is 0 Å². The molecule has 5 nitrogen and oxygen atoms in total. The number of carbonyl (C=O) groups excluding carboxylic acids is 1. The topological polar surface area (TPSA) is 73.6 Å². The molecule has 6 heteroatoms. The summed E-state index contributed by atoms with van der Waals surface area (Å²) in [6.07, 6.45) is 3.12. The lowest BCUT2D eigenvalue weighted by atomic mass is 10.0. The van der Waals surface area contributed by atoms with Crippen LogP contribution in [0.2, 0.25) is 0 Å². The van der Waals surface area contributed by atoms with Gasteiger partial charge >= 0.3 is 13.4 Å². The van der Waals surface area contributed by atoms with Crippen LogP contribution in [-0.4, -0.2) is 13.4 Å². The summed E-state index contributed by atoms with van der Waals surface area (Å²) in [5, 5.41) is 0. The van der Waals surface area contributed by atoms with Crippen molar-refractivity contribution >= 4 is 13.4 Å². The summed E-state index contributed by atoms with van der Waals surface area (Å²) in [5.74, 6) is 6.08. The molecule has 1 aliphatic rings. The van der Waals surface area contributed by atoms with Crippen molar-refractivity contribution < 1.29 is 14.5 Å². The van der Waals surface area contributed by atoms with Crippen LogP contribution in [0.15, 0.2) is 23.9 Å². The number of rotatable bonds is 1. The quantitative estimate of drug-likeness (QED) is 0.161. The molecule has 1 amide bonds. The third-order valence-corrected chi connectivity index (χ3v) is 1.05. The van der Waals surface area contributed by atoms with Gasteiger partial charge in [0.25, 0.3) is 0 Å². The SMILES string of the molecule is NNC(=O)C1=CC=CBOO1. The van der Waals surface area contributed by atoms with Crippen LogP contribution in [-0.2, 0) is 14.5 Å². The summed E-state index contributed by atoms with van der Waals surface area (Å²) < 4.78 is 0. The van der Waals surface area contributed by atoms with Gasteiger partial charge in [0, 0.05) is 0 Å². The van der Waals surface area contributed by atoms with Gasteiger partial charge in [0.05, 0.1) is 0 Å². The molecule has 0 saturated heterocycles. The zero-order chi connectivity index (χ0) is 8.10. The van der Waals surface area contributed by atoms with Crippen LogP contribution in [0, 0.1) is 0 Å². The molecule has 0 aliphatic carbocycles. The first-order valence-electron chi connectivity index (χ1n) is 3.02. The second-order valence-electron chi connectivity index (χ2n) is 1.80. The maximum Gasteiger partial charge on any atom is 0.364 e. The molecule has 0 unspecified atom stereocenters. The largest absolute Gasteiger partial charge is 0.364 e. The number of nitrogens with two attached hydrogens (primary N) is 1. The molecule has 1 heterocycles. The number of hydrazine groups is 1. The number of hydrogen-bond donors (Lipinski definition) is 2. The Morgan fingerprint density at radius 2 is 2.55 bits per heavy atom. The first-order chi connectivity index (χ1) is 5.34. The van der Waals surface area contributed by atoms with Crippen LogP contribution in [0.4, 0.5) is 0 Å². The van der Waals surface area contributed by atoms with E-state index < -0.39 is 5.91 Å². The van der Waals surface area contributed by atoms with Crippen LogP contribution >= 0.6 is 0 Å². The summed E-state index contributed by atoms with van der Waals surface area (Å²) in [4.78, 5) is 19.9. The average molecular weight is 154 g/mol. The van der Waals surface area contributed by atoms with Crippen LogP contribution < -0.4 is 11.3 Å². The van der Waals surface area contributed by atoms with E-state index in [1.165, 1.54) is 6.08 Å². The first-order valence-corrected chi connectivity index (χ1v) is 3.02. The Labute approximate surface area is 64.0 Å². The van der Waals surface area contributed by atoms with Gasteiger partial charge in [-0.2, -0.15) is 0 Å². The van der Waals surface area contributed by atoms with Crippen molar-refractivity contribution in [2.75, 3.05) is 0 Å². The van der Waals surface area contributed by atoms with Crippen molar-refractivity contribution in [1.82, 2.24) is 5.43 Å². The van der Waals surface area contributed by atoms with Gasteiger partial charge in [-0.15, -0.1) is 0 Å². The number of nitrogens with one attached hydrogen (secondary N) is 1. The molecule has 0 aromatic heterocycles. The van der Waals surface area contributed by atoms with E-state index in [1.807, 2.05) is 5.43 Å². The Morgan fingerprint density at radius 1 is 1.73 bits per heavy atom. The molecule has 0 spiro atoms. The van der Waals surface area contributed by atoms with E-state index in [4.69, 9.17) is 5.84 Å². The minimum Gasteiger partial charge on any atom is -0.348 e. The van der Waals surface area contributed by atoms with Gasteiger partial charge in [-0.3, -0.25) is 15.0 Å². The van der Waals surface area contributed by atoms with Gasteiger partial charge in [0.2, 0.25) is 5.76 Å². The molecule has 3 N–H and O–H groups in total. The Bertz CT molecular complexity index is 214. The van der Waals surface area contributed by atoms with Gasteiger partial charge < -0.3 is 4.89 Å². The number of carbonyl (C=O) groups is 1. The minimum atomic E-state index is -0.517. The molecule has 0 aromatic carbocycles. The molecule has 0 atom stereocenters. The fourth-order valence-corrected chi connectivity index (χ4v) is 0.560. The highest BCUT2D eigenvalue weighted by Gasteiger charge is 2.10. The van der Waals surface area contributed by atoms with Crippen molar-refractivity contribution in [2.24, 2.45) is 5.84 Å². The molecule has 0 fully saturated rings. The summed E-state index contributed by atoms with van der Waals surface area (Å²) >= 11 is 0. The van der Waals surface area contributed by atoms with Crippen LogP contribution in [0.25, 0.3) is 0 Å². The first kappa shape index (κ1) is 7.84. The van der Waals surface area contributed by atoms with Crippen molar-refractivity contribution in [3.63, 3.8) is 0 Å². The molecule has 0 saturated carbocycles. The lowest BCUT2D eigenvalue weighted by Gasteiger charge is -2.03. The summed E-state index contributed by atoms with van der Waals surface area (Å²) in [6.45, 7) is 0. The van der Waals surface area contributed by atoms with Gasteiger partial charge in [0.15, 0.2) is 0 Å². The third kappa shape index (κ3) is 2.10. The predicted octanol–water partition coefficient (Wildman–Crippen LogP) is -1.31. The molecule has 1 aliphatic heterocycles. The summed E-state index contributed by atoms with van der Waals surface area (Å²) in [7, 11) is 0.317. The fourth-order valence-electron chi connectivity index (χ4n) is 0.560. The number of amides is 1. The zero-order valence-electron chi connectivity index (χ0n) is 5.74. The Kier molecular flexibility index (Phi) is 2.70. The van der Waals surface area contributed by atoms with Crippen LogP contribution in [0.1, 0.15) is 0 Å². The van der Waals surface area contributed by atoms with E-state index in [-0.39, 0.29) is 5.76 Å². The Morgan fingerprint density at radius 3 is 3.27 bits per heavy atom. The van der Waals surface area contributed by atoms with Crippen LogP contribution in [0.3, 0.4) is 0 Å².